The zero-order valence-electron chi connectivity index (χ0n) is 10.0. The molecule has 1 aromatic heterocycles. The third kappa shape index (κ3) is 3.31. The van der Waals surface area contributed by atoms with Crippen LogP contribution in [0.25, 0.3) is 0 Å². The molecule has 1 aromatic rings. The minimum absolute atomic E-state index is 0.247. The Balaban J connectivity index is 1.94. The molecule has 1 aliphatic rings. The van der Waals surface area contributed by atoms with Gasteiger partial charge in [0.2, 0.25) is 10.0 Å². The number of hydrogen-bond acceptors (Lipinski definition) is 3. The van der Waals surface area contributed by atoms with Crippen molar-refractivity contribution < 1.29 is 8.42 Å². The summed E-state index contributed by atoms with van der Waals surface area (Å²) in [4.78, 5) is 3.02. The topological polar surface area (TPSA) is 65.2 Å². The highest BCUT2D eigenvalue weighted by molar-refractivity contribution is 7.89. The van der Waals surface area contributed by atoms with Gasteiger partial charge in [0.1, 0.15) is 0 Å². The molecule has 0 bridgehead atoms. The number of sulfonamides is 1. The molecule has 1 unspecified atom stereocenters. The van der Waals surface area contributed by atoms with Gasteiger partial charge in [-0.1, -0.05) is 0 Å². The van der Waals surface area contributed by atoms with Crippen LogP contribution in [0.3, 0.4) is 0 Å². The Labute approximate surface area is 102 Å². The third-order valence-electron chi connectivity index (χ3n) is 3.14. The Kier molecular flexibility index (Phi) is 3.86. The average molecular weight is 257 g/mol. The first-order valence-electron chi connectivity index (χ1n) is 5.85. The summed E-state index contributed by atoms with van der Waals surface area (Å²) in [6.07, 6.45) is 2.76. The molecule has 0 spiro atoms. The van der Waals surface area contributed by atoms with E-state index in [4.69, 9.17) is 0 Å². The number of nitrogens with zero attached hydrogens (tertiary/aromatic N) is 1. The number of rotatable bonds is 5. The van der Waals surface area contributed by atoms with Crippen LogP contribution in [0.5, 0.6) is 0 Å². The van der Waals surface area contributed by atoms with Crippen LogP contribution in [0.1, 0.15) is 12.1 Å². The molecule has 0 amide bonds. The van der Waals surface area contributed by atoms with E-state index in [9.17, 15) is 8.42 Å². The molecule has 17 heavy (non-hydrogen) atoms. The molecule has 2 heterocycles. The van der Waals surface area contributed by atoms with Crippen LogP contribution >= 0.6 is 0 Å². The van der Waals surface area contributed by atoms with E-state index in [0.29, 0.717) is 6.54 Å². The normalized spacial score (nSPS) is 21.2. The van der Waals surface area contributed by atoms with E-state index in [0.717, 1.165) is 25.2 Å². The summed E-state index contributed by atoms with van der Waals surface area (Å²) in [5, 5.41) is 3.19. The van der Waals surface area contributed by atoms with Crippen LogP contribution in [0, 0.1) is 5.92 Å². The van der Waals surface area contributed by atoms with E-state index in [1.54, 1.807) is 13.2 Å². The molecule has 1 atom stereocenters. The molecule has 5 nitrogen and oxygen atoms in total. The van der Waals surface area contributed by atoms with E-state index in [1.165, 1.54) is 4.31 Å². The third-order valence-corrected chi connectivity index (χ3v) is 5.11. The van der Waals surface area contributed by atoms with Crippen LogP contribution in [-0.2, 0) is 16.6 Å². The molecule has 0 saturated carbocycles. The van der Waals surface area contributed by atoms with Crippen molar-refractivity contribution in [2.24, 2.45) is 5.92 Å². The number of aromatic nitrogens is 1. The van der Waals surface area contributed by atoms with Crippen molar-refractivity contribution in [3.05, 3.63) is 24.0 Å². The summed E-state index contributed by atoms with van der Waals surface area (Å²) in [6.45, 7) is 2.16. The predicted molar refractivity (Wildman–Crippen MR) is 67.0 cm³/mol. The Bertz CT molecular complexity index is 435. The molecule has 2 N–H and O–H groups in total. The minimum atomic E-state index is -3.15. The first kappa shape index (κ1) is 12.6. The van der Waals surface area contributed by atoms with Gasteiger partial charge in [0.25, 0.3) is 0 Å². The van der Waals surface area contributed by atoms with Crippen LogP contribution < -0.4 is 5.32 Å². The van der Waals surface area contributed by atoms with Gasteiger partial charge in [-0.25, -0.2) is 8.42 Å². The Morgan fingerprint density at radius 3 is 2.94 bits per heavy atom. The molecule has 0 aromatic carbocycles. The van der Waals surface area contributed by atoms with E-state index < -0.39 is 10.0 Å². The fourth-order valence-corrected chi connectivity index (χ4v) is 3.56. The molecule has 0 radical (unpaired) electrons. The molecule has 1 aliphatic heterocycles. The van der Waals surface area contributed by atoms with Gasteiger partial charge in [-0.15, -0.1) is 0 Å². The lowest BCUT2D eigenvalue weighted by Crippen LogP contribution is -2.32. The largest absolute Gasteiger partial charge is 0.364 e. The van der Waals surface area contributed by atoms with Crippen LogP contribution in [0.2, 0.25) is 0 Å². The number of hydrogen-bond donors (Lipinski definition) is 2. The van der Waals surface area contributed by atoms with Gasteiger partial charge in [-0.2, -0.15) is 4.31 Å². The Hall–Kier alpha value is -0.850. The lowest BCUT2D eigenvalue weighted by atomic mass is 10.2. The fraction of sp³-hybridized carbons (Fsp3) is 0.636. The molecule has 2 rings (SSSR count). The molecule has 0 aliphatic carbocycles. The van der Waals surface area contributed by atoms with Gasteiger partial charge in [0.15, 0.2) is 0 Å². The van der Waals surface area contributed by atoms with Crippen molar-refractivity contribution in [1.82, 2.24) is 14.6 Å². The van der Waals surface area contributed by atoms with E-state index in [1.807, 2.05) is 12.1 Å². The first-order valence-corrected chi connectivity index (χ1v) is 7.46. The van der Waals surface area contributed by atoms with Gasteiger partial charge >= 0.3 is 0 Å². The highest BCUT2D eigenvalue weighted by Crippen LogP contribution is 2.14. The maximum atomic E-state index is 12.1. The Morgan fingerprint density at radius 2 is 2.35 bits per heavy atom. The van der Waals surface area contributed by atoms with Crippen molar-refractivity contribution in [2.45, 2.75) is 13.0 Å². The van der Waals surface area contributed by atoms with Gasteiger partial charge < -0.3 is 10.3 Å². The first-order chi connectivity index (χ1) is 8.08. The van der Waals surface area contributed by atoms with Crippen LogP contribution in [0.15, 0.2) is 18.3 Å². The summed E-state index contributed by atoms with van der Waals surface area (Å²) in [7, 11) is -1.51. The number of H-pyrrole nitrogens is 1. The summed E-state index contributed by atoms with van der Waals surface area (Å²) >= 11 is 0. The van der Waals surface area contributed by atoms with Crippen molar-refractivity contribution in [3.8, 4) is 0 Å². The molecular weight excluding hydrogens is 238 g/mol. The predicted octanol–water partition coefficient (Wildman–Crippen LogP) is 0.386. The van der Waals surface area contributed by atoms with E-state index >= 15 is 0 Å². The zero-order valence-corrected chi connectivity index (χ0v) is 10.8. The quantitative estimate of drug-likeness (QED) is 0.802. The maximum absolute atomic E-state index is 12.1. The smallest absolute Gasteiger partial charge is 0.214 e. The second-order valence-corrected chi connectivity index (χ2v) is 6.71. The maximum Gasteiger partial charge on any atom is 0.214 e. The second-order valence-electron chi connectivity index (χ2n) is 4.59. The highest BCUT2D eigenvalue weighted by Gasteiger charge is 2.25. The molecule has 6 heteroatoms. The lowest BCUT2D eigenvalue weighted by Gasteiger charge is -2.18. The molecule has 1 saturated heterocycles. The number of aromatic amines is 1. The van der Waals surface area contributed by atoms with Gasteiger partial charge in [-0.05, 0) is 37.6 Å². The van der Waals surface area contributed by atoms with Gasteiger partial charge in [-0.3, -0.25) is 0 Å². The van der Waals surface area contributed by atoms with Gasteiger partial charge in [0.05, 0.1) is 12.3 Å². The standard InChI is InChI=1S/C11H19N3O2S/c1-14(8-11-3-2-5-13-11)17(15,16)9-10-4-6-12-7-10/h2-3,5,10,12-13H,4,6-9H2,1H3. The zero-order chi connectivity index (χ0) is 12.3. The monoisotopic (exact) mass is 257 g/mol. The minimum Gasteiger partial charge on any atom is -0.364 e. The fourth-order valence-electron chi connectivity index (χ4n) is 2.09. The molecular formula is C11H19N3O2S. The summed E-state index contributed by atoms with van der Waals surface area (Å²) in [5.74, 6) is 0.503. The average Bonchev–Trinajstić information content (AvgIpc) is 2.90. The summed E-state index contributed by atoms with van der Waals surface area (Å²) in [6, 6.07) is 3.76. The lowest BCUT2D eigenvalue weighted by molar-refractivity contribution is 0.453. The van der Waals surface area contributed by atoms with Crippen molar-refractivity contribution in [3.63, 3.8) is 0 Å². The number of nitrogens with one attached hydrogen (secondary N) is 2. The molecule has 96 valence electrons. The van der Waals surface area contributed by atoms with Crippen molar-refractivity contribution in [2.75, 3.05) is 25.9 Å². The van der Waals surface area contributed by atoms with Crippen molar-refractivity contribution in [1.29, 1.82) is 0 Å². The van der Waals surface area contributed by atoms with Gasteiger partial charge in [0, 0.05) is 18.9 Å². The van der Waals surface area contributed by atoms with E-state index in [-0.39, 0.29) is 11.7 Å². The summed E-state index contributed by atoms with van der Waals surface area (Å²) < 4.78 is 25.6. The van der Waals surface area contributed by atoms with Crippen molar-refractivity contribution >= 4 is 10.0 Å². The SMILES string of the molecule is CN(Cc1ccc[nH]1)S(=O)(=O)CC1CCNC1. The van der Waals surface area contributed by atoms with E-state index in [2.05, 4.69) is 10.3 Å². The highest BCUT2D eigenvalue weighted by atomic mass is 32.2. The Morgan fingerprint density at radius 1 is 1.53 bits per heavy atom. The molecule has 1 fully saturated rings. The second kappa shape index (κ2) is 5.20. The van der Waals surface area contributed by atoms with Crippen LogP contribution in [-0.4, -0.2) is 43.6 Å². The van der Waals surface area contributed by atoms with Crippen LogP contribution in [0.4, 0.5) is 0 Å². The summed E-state index contributed by atoms with van der Waals surface area (Å²) in [5.41, 5.74) is 0.917.